The van der Waals surface area contributed by atoms with Crippen molar-refractivity contribution < 1.29 is 10.1 Å². The molecule has 1 aliphatic rings. The number of nitrogens with two attached hydrogens (primary N) is 1. The van der Waals surface area contributed by atoms with Gasteiger partial charge in [-0.3, -0.25) is 4.79 Å². The molecule has 14 heavy (non-hydrogen) atoms. The Bertz CT molecular complexity index is 320. The van der Waals surface area contributed by atoms with E-state index < -0.39 is 0 Å². The van der Waals surface area contributed by atoms with E-state index in [1.807, 2.05) is 25.1 Å². The molecule has 1 aromatic rings. The zero-order chi connectivity index (χ0) is 9.97. The van der Waals surface area contributed by atoms with Gasteiger partial charge in [0.1, 0.15) is 11.8 Å². The molecule has 0 aromatic heterocycles. The highest BCUT2D eigenvalue weighted by Crippen LogP contribution is 2.21. The van der Waals surface area contributed by atoms with Gasteiger partial charge < -0.3 is 5.32 Å². The Hall–Kier alpha value is -1.15. The Balaban J connectivity index is 2.22. The molecule has 0 saturated carbocycles. The molecule has 74 valence electrons. The van der Waals surface area contributed by atoms with Crippen molar-refractivity contribution in [2.75, 3.05) is 6.54 Å². The fraction of sp³-hybridized carbons (Fsp3) is 0.417. The van der Waals surface area contributed by atoms with Gasteiger partial charge in [0.2, 0.25) is 0 Å². The largest absolute Gasteiger partial charge is 0.339 e. The van der Waals surface area contributed by atoms with Crippen LogP contribution in [-0.2, 0) is 4.79 Å². The lowest BCUT2D eigenvalue weighted by molar-refractivity contribution is -0.704. The summed E-state index contributed by atoms with van der Waals surface area (Å²) in [4.78, 5) is 11.6. The summed E-state index contributed by atoms with van der Waals surface area (Å²) in [5.74, 6) is 0.563. The van der Waals surface area contributed by atoms with Crippen LogP contribution in [0.2, 0.25) is 0 Å². The standard InChI is InChI=1S/C12H15NO/c1-9-11(14)7-8-13-12(9)10-5-3-2-4-6-10/h2-6,9,12-13H,7-8H2,1H3/p+1/t9-,12+/m0/s1. The van der Waals surface area contributed by atoms with Gasteiger partial charge in [-0.25, -0.2) is 0 Å². The Labute approximate surface area is 84.3 Å². The fourth-order valence-corrected chi connectivity index (χ4v) is 2.14. The smallest absolute Gasteiger partial charge is 0.147 e. The second-order valence-electron chi connectivity index (χ2n) is 3.97. The summed E-state index contributed by atoms with van der Waals surface area (Å²) >= 11 is 0. The van der Waals surface area contributed by atoms with Gasteiger partial charge in [0.15, 0.2) is 0 Å². The maximum absolute atomic E-state index is 11.6. The molecule has 2 N–H and O–H groups in total. The van der Waals surface area contributed by atoms with Crippen molar-refractivity contribution in [3.63, 3.8) is 0 Å². The Morgan fingerprint density at radius 3 is 2.71 bits per heavy atom. The van der Waals surface area contributed by atoms with E-state index in [0.717, 1.165) is 13.0 Å². The number of hydrogen-bond acceptors (Lipinski definition) is 1. The first-order chi connectivity index (χ1) is 6.79. The first-order valence-corrected chi connectivity index (χ1v) is 5.20. The maximum Gasteiger partial charge on any atom is 0.147 e. The summed E-state index contributed by atoms with van der Waals surface area (Å²) < 4.78 is 0. The molecule has 0 spiro atoms. The van der Waals surface area contributed by atoms with Gasteiger partial charge >= 0.3 is 0 Å². The number of benzene rings is 1. The van der Waals surface area contributed by atoms with Crippen molar-refractivity contribution >= 4 is 5.78 Å². The van der Waals surface area contributed by atoms with E-state index in [1.165, 1.54) is 5.56 Å². The van der Waals surface area contributed by atoms with Crippen molar-refractivity contribution in [1.29, 1.82) is 0 Å². The van der Waals surface area contributed by atoms with Gasteiger partial charge in [-0.1, -0.05) is 30.3 Å². The second kappa shape index (κ2) is 3.93. The lowest BCUT2D eigenvalue weighted by atomic mass is 9.87. The average Bonchev–Trinajstić information content (AvgIpc) is 2.23. The minimum atomic E-state index is 0.158. The van der Waals surface area contributed by atoms with Crippen molar-refractivity contribution in [2.45, 2.75) is 19.4 Å². The Kier molecular flexibility index (Phi) is 2.64. The van der Waals surface area contributed by atoms with E-state index in [0.29, 0.717) is 11.8 Å². The number of carbonyl (C=O) groups excluding carboxylic acids is 1. The maximum atomic E-state index is 11.6. The van der Waals surface area contributed by atoms with E-state index in [1.54, 1.807) is 0 Å². The van der Waals surface area contributed by atoms with Crippen molar-refractivity contribution in [2.24, 2.45) is 5.92 Å². The summed E-state index contributed by atoms with van der Waals surface area (Å²) in [6.07, 6.45) is 0.727. The lowest BCUT2D eigenvalue weighted by Gasteiger charge is -2.25. The third-order valence-corrected chi connectivity index (χ3v) is 3.04. The molecule has 1 heterocycles. The fourth-order valence-electron chi connectivity index (χ4n) is 2.14. The molecule has 0 amide bonds. The first kappa shape index (κ1) is 9.41. The monoisotopic (exact) mass is 190 g/mol. The molecule has 1 fully saturated rings. The quantitative estimate of drug-likeness (QED) is 0.701. The van der Waals surface area contributed by atoms with Crippen LogP contribution in [0.25, 0.3) is 0 Å². The number of quaternary nitrogens is 1. The molecule has 1 aromatic carbocycles. The molecule has 0 aliphatic carbocycles. The van der Waals surface area contributed by atoms with Crippen LogP contribution in [0.5, 0.6) is 0 Å². The third kappa shape index (κ3) is 1.70. The number of piperidine rings is 1. The topological polar surface area (TPSA) is 33.7 Å². The molecule has 0 bridgehead atoms. The summed E-state index contributed by atoms with van der Waals surface area (Å²) in [6, 6.07) is 10.6. The molecule has 1 saturated heterocycles. The molecule has 0 unspecified atom stereocenters. The van der Waals surface area contributed by atoms with Crippen LogP contribution in [0.3, 0.4) is 0 Å². The SMILES string of the molecule is C[C@H]1C(=O)CC[NH2+][C@H]1c1ccccc1. The molecule has 0 radical (unpaired) electrons. The van der Waals surface area contributed by atoms with E-state index >= 15 is 0 Å². The number of rotatable bonds is 1. The molecular weight excluding hydrogens is 174 g/mol. The molecule has 2 atom stereocenters. The van der Waals surface area contributed by atoms with Gasteiger partial charge in [-0.05, 0) is 6.92 Å². The highest BCUT2D eigenvalue weighted by molar-refractivity contribution is 5.81. The van der Waals surface area contributed by atoms with E-state index in [9.17, 15) is 4.79 Å². The minimum Gasteiger partial charge on any atom is -0.339 e. The van der Waals surface area contributed by atoms with E-state index in [2.05, 4.69) is 17.4 Å². The number of carbonyl (C=O) groups is 1. The van der Waals surface area contributed by atoms with Crippen LogP contribution in [0.1, 0.15) is 24.9 Å². The zero-order valence-corrected chi connectivity index (χ0v) is 8.44. The van der Waals surface area contributed by atoms with Crippen LogP contribution in [0.15, 0.2) is 30.3 Å². The predicted molar refractivity (Wildman–Crippen MR) is 54.8 cm³/mol. The number of Topliss-reactive ketones (excluding diaryl/α,β-unsaturated/α-hetero) is 1. The van der Waals surface area contributed by atoms with Gasteiger partial charge in [0.25, 0.3) is 0 Å². The van der Waals surface area contributed by atoms with Crippen LogP contribution in [0, 0.1) is 5.92 Å². The molecule has 2 rings (SSSR count). The van der Waals surface area contributed by atoms with Crippen LogP contribution < -0.4 is 5.32 Å². The zero-order valence-electron chi connectivity index (χ0n) is 8.44. The summed E-state index contributed by atoms with van der Waals surface area (Å²) in [5.41, 5.74) is 1.27. The van der Waals surface area contributed by atoms with E-state index in [-0.39, 0.29) is 5.92 Å². The first-order valence-electron chi connectivity index (χ1n) is 5.20. The summed E-state index contributed by atoms with van der Waals surface area (Å²) in [5, 5.41) is 2.28. The molecular formula is C12H16NO+. The van der Waals surface area contributed by atoms with Gasteiger partial charge in [-0.2, -0.15) is 0 Å². The number of hydrogen-bond donors (Lipinski definition) is 1. The summed E-state index contributed by atoms with van der Waals surface area (Å²) in [7, 11) is 0. The van der Waals surface area contributed by atoms with Crippen molar-refractivity contribution in [3.8, 4) is 0 Å². The molecule has 2 nitrogen and oxygen atoms in total. The van der Waals surface area contributed by atoms with Gasteiger partial charge in [0, 0.05) is 5.56 Å². The van der Waals surface area contributed by atoms with Crippen LogP contribution >= 0.6 is 0 Å². The van der Waals surface area contributed by atoms with Crippen molar-refractivity contribution in [3.05, 3.63) is 35.9 Å². The minimum absolute atomic E-state index is 0.158. The lowest BCUT2D eigenvalue weighted by Crippen LogP contribution is -2.89. The van der Waals surface area contributed by atoms with Gasteiger partial charge in [-0.15, -0.1) is 0 Å². The van der Waals surface area contributed by atoms with Gasteiger partial charge in [0.05, 0.1) is 18.9 Å². The van der Waals surface area contributed by atoms with Crippen LogP contribution in [0.4, 0.5) is 0 Å². The normalized spacial score (nSPS) is 27.6. The highest BCUT2D eigenvalue weighted by Gasteiger charge is 2.31. The Morgan fingerprint density at radius 1 is 1.29 bits per heavy atom. The summed E-state index contributed by atoms with van der Waals surface area (Å²) in [6.45, 7) is 2.97. The average molecular weight is 190 g/mol. The molecule has 2 heteroatoms. The second-order valence-corrected chi connectivity index (χ2v) is 3.97. The Morgan fingerprint density at radius 2 is 2.00 bits per heavy atom. The van der Waals surface area contributed by atoms with Crippen molar-refractivity contribution in [1.82, 2.24) is 0 Å². The number of ketones is 1. The highest BCUT2D eigenvalue weighted by atomic mass is 16.1. The predicted octanol–water partition coefficient (Wildman–Crippen LogP) is 0.900. The van der Waals surface area contributed by atoms with Crippen LogP contribution in [-0.4, -0.2) is 12.3 Å². The van der Waals surface area contributed by atoms with E-state index in [4.69, 9.17) is 0 Å². The third-order valence-electron chi connectivity index (χ3n) is 3.04. The molecule has 1 aliphatic heterocycles.